The van der Waals surface area contributed by atoms with Gasteiger partial charge >= 0.3 is 0 Å². The lowest BCUT2D eigenvalue weighted by Gasteiger charge is -2.39. The van der Waals surface area contributed by atoms with Gasteiger partial charge in [-0.05, 0) is 52.1 Å². The highest BCUT2D eigenvalue weighted by Crippen LogP contribution is 2.38. The molecule has 70 valence electrons. The monoisotopic (exact) mass is 169 g/mol. The third-order valence-electron chi connectivity index (χ3n) is 3.57. The van der Waals surface area contributed by atoms with Crippen LogP contribution < -0.4 is 0 Å². The fourth-order valence-electron chi connectivity index (χ4n) is 2.46. The third-order valence-corrected chi connectivity index (χ3v) is 3.57. The van der Waals surface area contributed by atoms with Crippen molar-refractivity contribution in [2.45, 2.75) is 50.2 Å². The van der Waals surface area contributed by atoms with Gasteiger partial charge in [-0.1, -0.05) is 0 Å². The standard InChI is InChI=1S/C10H19NO/c1-11-7-2-4-9(11)8-10(12)5-3-6-10/h9,12H,2-8H2,1H3. The summed E-state index contributed by atoms with van der Waals surface area (Å²) >= 11 is 0. The maximum absolute atomic E-state index is 9.96. The fourth-order valence-corrected chi connectivity index (χ4v) is 2.46. The Kier molecular flexibility index (Phi) is 2.13. The van der Waals surface area contributed by atoms with E-state index in [0.717, 1.165) is 19.3 Å². The molecule has 1 aliphatic carbocycles. The molecule has 1 heterocycles. The molecule has 0 spiro atoms. The molecule has 1 aliphatic heterocycles. The molecule has 0 aromatic heterocycles. The van der Waals surface area contributed by atoms with Crippen molar-refractivity contribution in [1.82, 2.24) is 4.90 Å². The molecule has 2 nitrogen and oxygen atoms in total. The first-order chi connectivity index (χ1) is 5.70. The van der Waals surface area contributed by atoms with Crippen molar-refractivity contribution in [1.29, 1.82) is 0 Å². The summed E-state index contributed by atoms with van der Waals surface area (Å²) < 4.78 is 0. The Labute approximate surface area is 74.6 Å². The Balaban J connectivity index is 1.85. The van der Waals surface area contributed by atoms with Gasteiger partial charge in [-0.25, -0.2) is 0 Å². The lowest BCUT2D eigenvalue weighted by atomic mass is 9.75. The first-order valence-corrected chi connectivity index (χ1v) is 5.12. The van der Waals surface area contributed by atoms with Crippen LogP contribution in [-0.4, -0.2) is 35.2 Å². The zero-order valence-electron chi connectivity index (χ0n) is 7.92. The minimum absolute atomic E-state index is 0.275. The number of hydrogen-bond acceptors (Lipinski definition) is 2. The number of hydrogen-bond donors (Lipinski definition) is 1. The molecular weight excluding hydrogens is 150 g/mol. The summed E-state index contributed by atoms with van der Waals surface area (Å²) in [6, 6.07) is 0.662. The summed E-state index contributed by atoms with van der Waals surface area (Å²) in [5.74, 6) is 0. The van der Waals surface area contributed by atoms with E-state index < -0.39 is 0 Å². The van der Waals surface area contributed by atoms with Crippen LogP contribution in [-0.2, 0) is 0 Å². The van der Waals surface area contributed by atoms with Gasteiger partial charge in [-0.3, -0.25) is 0 Å². The lowest BCUT2D eigenvalue weighted by Crippen LogP contribution is -2.42. The van der Waals surface area contributed by atoms with E-state index in [1.165, 1.54) is 25.8 Å². The molecule has 1 N–H and O–H groups in total. The number of aliphatic hydroxyl groups is 1. The zero-order valence-corrected chi connectivity index (χ0v) is 7.92. The SMILES string of the molecule is CN1CCCC1CC1(O)CCC1. The number of likely N-dealkylation sites (tertiary alicyclic amines) is 1. The van der Waals surface area contributed by atoms with Crippen LogP contribution in [0.25, 0.3) is 0 Å². The quantitative estimate of drug-likeness (QED) is 0.675. The van der Waals surface area contributed by atoms with Gasteiger partial charge in [0.25, 0.3) is 0 Å². The van der Waals surface area contributed by atoms with E-state index in [4.69, 9.17) is 0 Å². The van der Waals surface area contributed by atoms with Gasteiger partial charge in [-0.2, -0.15) is 0 Å². The normalized spacial score (nSPS) is 35.0. The van der Waals surface area contributed by atoms with Gasteiger partial charge in [0, 0.05) is 6.04 Å². The first-order valence-electron chi connectivity index (χ1n) is 5.12. The Bertz CT molecular complexity index is 165. The van der Waals surface area contributed by atoms with Crippen LogP contribution in [0.15, 0.2) is 0 Å². The van der Waals surface area contributed by atoms with Gasteiger partial charge in [0.2, 0.25) is 0 Å². The molecular formula is C10H19NO. The molecule has 2 fully saturated rings. The van der Waals surface area contributed by atoms with E-state index in [2.05, 4.69) is 11.9 Å². The smallest absolute Gasteiger partial charge is 0.0662 e. The minimum Gasteiger partial charge on any atom is -0.390 e. The highest BCUT2D eigenvalue weighted by atomic mass is 16.3. The van der Waals surface area contributed by atoms with E-state index in [1.54, 1.807) is 0 Å². The van der Waals surface area contributed by atoms with Gasteiger partial charge in [0.1, 0.15) is 0 Å². The highest BCUT2D eigenvalue weighted by Gasteiger charge is 2.38. The molecule has 2 heteroatoms. The summed E-state index contributed by atoms with van der Waals surface area (Å²) in [7, 11) is 2.18. The summed E-state index contributed by atoms with van der Waals surface area (Å²) in [6.45, 7) is 1.22. The minimum atomic E-state index is -0.275. The van der Waals surface area contributed by atoms with Crippen molar-refractivity contribution in [3.8, 4) is 0 Å². The summed E-state index contributed by atoms with van der Waals surface area (Å²) in [5, 5.41) is 9.96. The molecule has 1 saturated heterocycles. The van der Waals surface area contributed by atoms with Crippen molar-refractivity contribution in [2.75, 3.05) is 13.6 Å². The average Bonchev–Trinajstić information content (AvgIpc) is 2.34. The maximum atomic E-state index is 9.96. The second-order valence-electron chi connectivity index (χ2n) is 4.56. The van der Waals surface area contributed by atoms with Crippen molar-refractivity contribution in [2.24, 2.45) is 0 Å². The molecule has 0 bridgehead atoms. The summed E-state index contributed by atoms with van der Waals surface area (Å²) in [5.41, 5.74) is -0.275. The van der Waals surface area contributed by atoms with Crippen LogP contribution in [0.3, 0.4) is 0 Å². The van der Waals surface area contributed by atoms with Gasteiger partial charge in [-0.15, -0.1) is 0 Å². The van der Waals surface area contributed by atoms with Crippen molar-refractivity contribution < 1.29 is 5.11 Å². The van der Waals surface area contributed by atoms with Crippen molar-refractivity contribution in [3.05, 3.63) is 0 Å². The van der Waals surface area contributed by atoms with Gasteiger partial charge < -0.3 is 10.0 Å². The lowest BCUT2D eigenvalue weighted by molar-refractivity contribution is -0.0540. The van der Waals surface area contributed by atoms with Gasteiger partial charge in [0.05, 0.1) is 5.60 Å². The van der Waals surface area contributed by atoms with E-state index in [-0.39, 0.29) is 5.60 Å². The predicted molar refractivity (Wildman–Crippen MR) is 49.1 cm³/mol. The molecule has 0 aromatic rings. The third kappa shape index (κ3) is 1.50. The van der Waals surface area contributed by atoms with Crippen LogP contribution in [0.1, 0.15) is 38.5 Å². The highest BCUT2D eigenvalue weighted by molar-refractivity contribution is 4.93. The Hall–Kier alpha value is -0.0800. The van der Waals surface area contributed by atoms with E-state index >= 15 is 0 Å². The molecule has 12 heavy (non-hydrogen) atoms. The molecule has 0 amide bonds. The topological polar surface area (TPSA) is 23.5 Å². The summed E-state index contributed by atoms with van der Waals surface area (Å²) in [6.07, 6.45) is 6.93. The van der Waals surface area contributed by atoms with E-state index in [0.29, 0.717) is 6.04 Å². The Morgan fingerprint density at radius 2 is 2.17 bits per heavy atom. The van der Waals surface area contributed by atoms with Crippen LogP contribution in [0.4, 0.5) is 0 Å². The van der Waals surface area contributed by atoms with Crippen LogP contribution >= 0.6 is 0 Å². The molecule has 1 atom stereocenters. The zero-order chi connectivity index (χ0) is 8.60. The first kappa shape index (κ1) is 8.52. The molecule has 2 aliphatic rings. The van der Waals surface area contributed by atoms with Gasteiger partial charge in [0.15, 0.2) is 0 Å². The van der Waals surface area contributed by atoms with E-state index in [1.807, 2.05) is 0 Å². The Morgan fingerprint density at radius 1 is 1.42 bits per heavy atom. The largest absolute Gasteiger partial charge is 0.390 e. The number of nitrogens with zero attached hydrogens (tertiary/aromatic N) is 1. The molecule has 1 unspecified atom stereocenters. The summed E-state index contributed by atoms with van der Waals surface area (Å²) in [4.78, 5) is 2.40. The van der Waals surface area contributed by atoms with Crippen molar-refractivity contribution in [3.63, 3.8) is 0 Å². The van der Waals surface area contributed by atoms with E-state index in [9.17, 15) is 5.11 Å². The van der Waals surface area contributed by atoms with Crippen LogP contribution in [0, 0.1) is 0 Å². The average molecular weight is 169 g/mol. The number of rotatable bonds is 2. The Morgan fingerprint density at radius 3 is 2.58 bits per heavy atom. The maximum Gasteiger partial charge on any atom is 0.0662 e. The molecule has 0 aromatic carbocycles. The predicted octanol–water partition coefficient (Wildman–Crippen LogP) is 1.39. The van der Waals surface area contributed by atoms with Crippen LogP contribution in [0.2, 0.25) is 0 Å². The second-order valence-corrected chi connectivity index (χ2v) is 4.56. The van der Waals surface area contributed by atoms with Crippen molar-refractivity contribution >= 4 is 0 Å². The molecule has 0 radical (unpaired) electrons. The molecule has 2 rings (SSSR count). The van der Waals surface area contributed by atoms with Crippen LogP contribution in [0.5, 0.6) is 0 Å². The second kappa shape index (κ2) is 3.00. The molecule has 1 saturated carbocycles. The fraction of sp³-hybridized carbons (Fsp3) is 1.00.